The van der Waals surface area contributed by atoms with Crippen LogP contribution in [0.5, 0.6) is 0 Å². The molecule has 1 amide bonds. The third kappa shape index (κ3) is 4.56. The molecule has 0 aromatic carbocycles. The lowest BCUT2D eigenvalue weighted by Crippen LogP contribution is -2.39. The molecule has 1 rings (SSSR count). The van der Waals surface area contributed by atoms with Crippen LogP contribution in [-0.2, 0) is 6.42 Å². The van der Waals surface area contributed by atoms with Crippen molar-refractivity contribution >= 4 is 21.8 Å². The molecule has 4 nitrogen and oxygen atoms in total. The van der Waals surface area contributed by atoms with E-state index in [0.29, 0.717) is 17.9 Å². The molecule has 0 saturated heterocycles. The zero-order valence-electron chi connectivity index (χ0n) is 12.0. The number of carbonyl (C=O) groups is 1. The molecule has 106 valence electrons. The molecule has 5 heteroatoms. The number of carbonyl (C=O) groups excluding carboxylic acids is 1. The van der Waals surface area contributed by atoms with Crippen molar-refractivity contribution in [1.29, 1.82) is 0 Å². The molecule has 0 saturated carbocycles. The Morgan fingerprint density at radius 2 is 2.11 bits per heavy atom. The number of hydrogen-bond donors (Lipinski definition) is 1. The quantitative estimate of drug-likeness (QED) is 0.817. The lowest BCUT2D eigenvalue weighted by Gasteiger charge is -2.22. The molecule has 1 aromatic heterocycles. The molecule has 1 atom stereocenters. The maximum absolute atomic E-state index is 12.4. The molecule has 1 unspecified atom stereocenters. The average Bonchev–Trinajstić information content (AvgIpc) is 2.37. The Kier molecular flexibility index (Phi) is 6.42. The molecular weight excluding hydrogens is 306 g/mol. The van der Waals surface area contributed by atoms with Crippen molar-refractivity contribution < 1.29 is 4.79 Å². The summed E-state index contributed by atoms with van der Waals surface area (Å²) < 4.78 is 0. The van der Waals surface area contributed by atoms with Crippen LogP contribution in [0.3, 0.4) is 0 Å². The zero-order chi connectivity index (χ0) is 14.4. The van der Waals surface area contributed by atoms with Crippen LogP contribution in [0, 0.1) is 12.8 Å². The van der Waals surface area contributed by atoms with Crippen molar-refractivity contribution in [2.75, 3.05) is 5.33 Å². The zero-order valence-corrected chi connectivity index (χ0v) is 13.6. The molecule has 1 aromatic rings. The number of alkyl halides is 1. The van der Waals surface area contributed by atoms with E-state index < -0.39 is 0 Å². The van der Waals surface area contributed by atoms with Gasteiger partial charge in [0.15, 0.2) is 0 Å². The van der Waals surface area contributed by atoms with Gasteiger partial charge in [-0.1, -0.05) is 36.7 Å². The Bertz CT molecular complexity index is 435. The maximum Gasteiger partial charge on any atom is 0.253 e. The molecule has 0 spiro atoms. The fourth-order valence-electron chi connectivity index (χ4n) is 1.91. The van der Waals surface area contributed by atoms with Crippen molar-refractivity contribution in [2.24, 2.45) is 5.92 Å². The summed E-state index contributed by atoms with van der Waals surface area (Å²) in [7, 11) is 0. The fraction of sp³-hybridized carbons (Fsp3) is 0.643. The van der Waals surface area contributed by atoms with E-state index in [1.165, 1.54) is 0 Å². The Morgan fingerprint density at radius 3 is 2.63 bits per heavy atom. The minimum atomic E-state index is -0.0468. The normalized spacial score (nSPS) is 12.5. The van der Waals surface area contributed by atoms with Gasteiger partial charge in [0.2, 0.25) is 0 Å². The first-order chi connectivity index (χ1) is 8.99. The smallest absolute Gasteiger partial charge is 0.253 e. The van der Waals surface area contributed by atoms with E-state index >= 15 is 0 Å². The molecule has 0 radical (unpaired) electrons. The second-order valence-electron chi connectivity index (χ2n) is 5.00. The van der Waals surface area contributed by atoms with E-state index in [0.717, 1.165) is 23.1 Å². The van der Waals surface area contributed by atoms with Crippen molar-refractivity contribution in [3.8, 4) is 0 Å². The number of rotatable bonds is 6. The molecule has 19 heavy (non-hydrogen) atoms. The summed E-state index contributed by atoms with van der Waals surface area (Å²) in [6.45, 7) is 8.06. The highest BCUT2D eigenvalue weighted by Crippen LogP contribution is 2.12. The summed E-state index contributed by atoms with van der Waals surface area (Å²) in [5.74, 6) is 0.358. The largest absolute Gasteiger partial charge is 0.349 e. The van der Waals surface area contributed by atoms with Gasteiger partial charge in [0.05, 0.1) is 17.0 Å². The van der Waals surface area contributed by atoms with E-state index in [1.54, 1.807) is 0 Å². The van der Waals surface area contributed by atoms with Crippen LogP contribution in [-0.4, -0.2) is 27.5 Å². The summed E-state index contributed by atoms with van der Waals surface area (Å²) in [5, 5.41) is 12.1. The number of amides is 1. The molecule has 0 bridgehead atoms. The topological polar surface area (TPSA) is 54.9 Å². The van der Waals surface area contributed by atoms with E-state index in [9.17, 15) is 4.79 Å². The standard InChI is InChI=1S/C14H22BrN3O/c1-5-12-11(8-10(4)17-18-12)14(19)16-13(6-7-15)9(2)3/h8-9,13H,5-7H2,1-4H3,(H,16,19). The summed E-state index contributed by atoms with van der Waals surface area (Å²) in [5.41, 5.74) is 2.17. The third-order valence-corrected chi connectivity index (χ3v) is 3.57. The Labute approximate surface area is 123 Å². The van der Waals surface area contributed by atoms with Crippen molar-refractivity contribution in [1.82, 2.24) is 15.5 Å². The van der Waals surface area contributed by atoms with Gasteiger partial charge in [-0.25, -0.2) is 0 Å². The highest BCUT2D eigenvalue weighted by Gasteiger charge is 2.19. The van der Waals surface area contributed by atoms with Gasteiger partial charge in [0.1, 0.15) is 0 Å². The molecule has 0 aliphatic heterocycles. The SMILES string of the molecule is CCc1nnc(C)cc1C(=O)NC(CCBr)C(C)C. The summed E-state index contributed by atoms with van der Waals surface area (Å²) in [6.07, 6.45) is 1.63. The molecule has 0 fully saturated rings. The number of nitrogens with zero attached hydrogens (tertiary/aromatic N) is 2. The highest BCUT2D eigenvalue weighted by molar-refractivity contribution is 9.09. The van der Waals surface area contributed by atoms with Crippen LogP contribution in [0.2, 0.25) is 0 Å². The molecule has 0 aliphatic carbocycles. The van der Waals surface area contributed by atoms with Crippen LogP contribution in [0.25, 0.3) is 0 Å². The highest BCUT2D eigenvalue weighted by atomic mass is 79.9. The van der Waals surface area contributed by atoms with Gasteiger partial charge in [-0.15, -0.1) is 0 Å². The van der Waals surface area contributed by atoms with Gasteiger partial charge in [-0.05, 0) is 31.7 Å². The minimum absolute atomic E-state index is 0.0468. The summed E-state index contributed by atoms with van der Waals surface area (Å²) >= 11 is 3.43. The van der Waals surface area contributed by atoms with Crippen LogP contribution >= 0.6 is 15.9 Å². The predicted molar refractivity (Wildman–Crippen MR) is 80.7 cm³/mol. The first kappa shape index (κ1) is 16.1. The first-order valence-corrected chi connectivity index (χ1v) is 7.81. The Balaban J connectivity index is 2.90. The lowest BCUT2D eigenvalue weighted by molar-refractivity contribution is 0.0923. The monoisotopic (exact) mass is 327 g/mol. The molecular formula is C14H22BrN3O. The van der Waals surface area contributed by atoms with E-state index in [1.807, 2.05) is 19.9 Å². The van der Waals surface area contributed by atoms with Crippen LogP contribution in [0.1, 0.15) is 48.9 Å². The number of aromatic nitrogens is 2. The second-order valence-corrected chi connectivity index (χ2v) is 5.79. The van der Waals surface area contributed by atoms with Gasteiger partial charge < -0.3 is 5.32 Å². The maximum atomic E-state index is 12.4. The fourth-order valence-corrected chi connectivity index (χ4v) is 2.40. The molecule has 0 aliphatic rings. The third-order valence-electron chi connectivity index (χ3n) is 3.11. The second kappa shape index (κ2) is 7.58. The van der Waals surface area contributed by atoms with E-state index in [2.05, 4.69) is 45.3 Å². The van der Waals surface area contributed by atoms with Gasteiger partial charge >= 0.3 is 0 Å². The van der Waals surface area contributed by atoms with Gasteiger partial charge in [-0.3, -0.25) is 4.79 Å². The number of aryl methyl sites for hydroxylation is 2. The predicted octanol–water partition coefficient (Wildman–Crippen LogP) is 2.89. The van der Waals surface area contributed by atoms with Crippen LogP contribution in [0.15, 0.2) is 6.07 Å². The molecule has 1 heterocycles. The van der Waals surface area contributed by atoms with Gasteiger partial charge in [-0.2, -0.15) is 10.2 Å². The summed E-state index contributed by atoms with van der Waals surface area (Å²) in [6, 6.07) is 1.98. The average molecular weight is 328 g/mol. The number of hydrogen-bond acceptors (Lipinski definition) is 3. The minimum Gasteiger partial charge on any atom is -0.349 e. The summed E-state index contributed by atoms with van der Waals surface area (Å²) in [4.78, 5) is 12.4. The Hall–Kier alpha value is -0.970. The van der Waals surface area contributed by atoms with Crippen molar-refractivity contribution in [3.05, 3.63) is 23.0 Å². The Morgan fingerprint density at radius 1 is 1.42 bits per heavy atom. The van der Waals surface area contributed by atoms with Crippen LogP contribution in [0.4, 0.5) is 0 Å². The van der Waals surface area contributed by atoms with Crippen molar-refractivity contribution in [2.45, 2.75) is 46.6 Å². The van der Waals surface area contributed by atoms with Crippen LogP contribution < -0.4 is 5.32 Å². The van der Waals surface area contributed by atoms with Gasteiger partial charge in [0, 0.05) is 11.4 Å². The number of nitrogens with one attached hydrogen (secondary N) is 1. The first-order valence-electron chi connectivity index (χ1n) is 6.69. The molecule has 1 N–H and O–H groups in total. The lowest BCUT2D eigenvalue weighted by atomic mass is 10.0. The van der Waals surface area contributed by atoms with Crippen molar-refractivity contribution in [3.63, 3.8) is 0 Å². The van der Waals surface area contributed by atoms with E-state index in [4.69, 9.17) is 0 Å². The van der Waals surface area contributed by atoms with E-state index in [-0.39, 0.29) is 11.9 Å². The number of halogens is 1. The van der Waals surface area contributed by atoms with Gasteiger partial charge in [0.25, 0.3) is 5.91 Å².